The van der Waals surface area contributed by atoms with Gasteiger partial charge in [-0.05, 0) is 17.7 Å². The predicted octanol–water partition coefficient (Wildman–Crippen LogP) is 3.13. The zero-order chi connectivity index (χ0) is 16.7. The molecule has 0 radical (unpaired) electrons. The van der Waals surface area contributed by atoms with Crippen LogP contribution in [0.2, 0.25) is 0 Å². The lowest BCUT2D eigenvalue weighted by Gasteiger charge is -2.11. The Morgan fingerprint density at radius 3 is 2.50 bits per heavy atom. The molecule has 24 heavy (non-hydrogen) atoms. The summed E-state index contributed by atoms with van der Waals surface area (Å²) in [5, 5.41) is 2.86. The number of pyridine rings is 1. The van der Waals surface area contributed by atoms with E-state index in [1.807, 2.05) is 18.2 Å². The fourth-order valence-electron chi connectivity index (χ4n) is 2.98. The van der Waals surface area contributed by atoms with Crippen molar-refractivity contribution >= 4 is 23.1 Å². The van der Waals surface area contributed by atoms with E-state index >= 15 is 0 Å². The average molecular weight is 315 g/mol. The molecule has 3 N–H and O–H groups in total. The topological polar surface area (TPSA) is 85.1 Å². The number of hydrogen-bond donors (Lipinski definition) is 2. The van der Waals surface area contributed by atoms with Crippen molar-refractivity contribution in [2.75, 3.05) is 11.1 Å². The third kappa shape index (κ3) is 2.06. The number of hydrogen-bond acceptors (Lipinski definition) is 4. The molecule has 0 unspecified atom stereocenters. The molecule has 1 heterocycles. The first-order valence-electron chi connectivity index (χ1n) is 7.45. The highest BCUT2D eigenvalue weighted by Crippen LogP contribution is 2.41. The maximum atomic E-state index is 12.5. The Hall–Kier alpha value is -3.47. The van der Waals surface area contributed by atoms with Gasteiger partial charge in [0.1, 0.15) is 0 Å². The van der Waals surface area contributed by atoms with Crippen molar-refractivity contribution in [1.82, 2.24) is 4.98 Å². The van der Waals surface area contributed by atoms with Gasteiger partial charge in [0.25, 0.3) is 5.91 Å². The molecule has 1 aliphatic carbocycles. The highest BCUT2D eigenvalue weighted by atomic mass is 16.1. The van der Waals surface area contributed by atoms with E-state index in [1.165, 1.54) is 12.4 Å². The van der Waals surface area contributed by atoms with Gasteiger partial charge in [-0.3, -0.25) is 14.6 Å². The Morgan fingerprint density at radius 1 is 0.958 bits per heavy atom. The molecule has 0 bridgehead atoms. The molecule has 2 aromatic carbocycles. The van der Waals surface area contributed by atoms with Crippen LogP contribution in [0.25, 0.3) is 11.1 Å². The number of carbonyl (C=O) groups is 2. The van der Waals surface area contributed by atoms with Crippen LogP contribution in [0.3, 0.4) is 0 Å². The van der Waals surface area contributed by atoms with Gasteiger partial charge >= 0.3 is 0 Å². The second-order valence-corrected chi connectivity index (χ2v) is 5.52. The van der Waals surface area contributed by atoms with Gasteiger partial charge < -0.3 is 11.1 Å². The Balaban J connectivity index is 1.79. The third-order valence-electron chi connectivity index (χ3n) is 4.09. The van der Waals surface area contributed by atoms with E-state index in [1.54, 1.807) is 30.3 Å². The zero-order valence-corrected chi connectivity index (χ0v) is 12.6. The largest absolute Gasteiger partial charge is 0.397 e. The normalized spacial score (nSPS) is 11.8. The van der Waals surface area contributed by atoms with Crippen molar-refractivity contribution in [3.63, 3.8) is 0 Å². The molecule has 3 aromatic rings. The molecule has 0 fully saturated rings. The molecule has 0 spiro atoms. The summed E-state index contributed by atoms with van der Waals surface area (Å²) >= 11 is 0. The van der Waals surface area contributed by atoms with Crippen LogP contribution in [0.4, 0.5) is 11.4 Å². The van der Waals surface area contributed by atoms with Crippen LogP contribution in [0.15, 0.2) is 60.9 Å². The van der Waals surface area contributed by atoms with E-state index in [0.717, 1.165) is 11.1 Å². The van der Waals surface area contributed by atoms with Crippen LogP contribution in [0, 0.1) is 0 Å². The number of carbonyl (C=O) groups excluding carboxylic acids is 2. The van der Waals surface area contributed by atoms with E-state index in [4.69, 9.17) is 5.73 Å². The maximum absolute atomic E-state index is 12.5. The zero-order valence-electron chi connectivity index (χ0n) is 12.6. The fourth-order valence-corrected chi connectivity index (χ4v) is 2.98. The van der Waals surface area contributed by atoms with Crippen molar-refractivity contribution in [2.45, 2.75) is 0 Å². The molecule has 5 nitrogen and oxygen atoms in total. The van der Waals surface area contributed by atoms with E-state index < -0.39 is 0 Å². The SMILES string of the molecule is Nc1cnccc1C(=O)Nc1cccc2c1-c1ccccc1C2=O. The molecule has 1 amide bonds. The van der Waals surface area contributed by atoms with E-state index in [9.17, 15) is 9.59 Å². The molecule has 4 rings (SSSR count). The number of nitrogens with one attached hydrogen (secondary N) is 1. The molecular weight excluding hydrogens is 302 g/mol. The second kappa shape index (κ2) is 5.31. The molecule has 1 aliphatic rings. The van der Waals surface area contributed by atoms with Crippen LogP contribution < -0.4 is 11.1 Å². The minimum atomic E-state index is -0.333. The number of nitrogens with zero attached hydrogens (tertiary/aromatic N) is 1. The maximum Gasteiger partial charge on any atom is 0.257 e. The Morgan fingerprint density at radius 2 is 1.71 bits per heavy atom. The second-order valence-electron chi connectivity index (χ2n) is 5.52. The summed E-state index contributed by atoms with van der Waals surface area (Å²) in [6.45, 7) is 0. The summed E-state index contributed by atoms with van der Waals surface area (Å²) in [6.07, 6.45) is 2.95. The van der Waals surface area contributed by atoms with E-state index in [2.05, 4.69) is 10.3 Å². The van der Waals surface area contributed by atoms with Gasteiger partial charge in [-0.25, -0.2) is 0 Å². The number of aromatic nitrogens is 1. The Bertz CT molecular complexity index is 995. The number of benzene rings is 2. The first kappa shape index (κ1) is 14.1. The van der Waals surface area contributed by atoms with E-state index in [-0.39, 0.29) is 11.7 Å². The first-order chi connectivity index (χ1) is 11.7. The van der Waals surface area contributed by atoms with Crippen molar-refractivity contribution in [3.05, 3.63) is 77.6 Å². The van der Waals surface area contributed by atoms with Gasteiger partial charge in [0.15, 0.2) is 5.78 Å². The fraction of sp³-hybridized carbons (Fsp3) is 0. The van der Waals surface area contributed by atoms with Crippen LogP contribution in [-0.4, -0.2) is 16.7 Å². The van der Waals surface area contributed by atoms with Crippen molar-refractivity contribution in [3.8, 4) is 11.1 Å². The van der Waals surface area contributed by atoms with Gasteiger partial charge in [0.05, 0.1) is 17.4 Å². The molecule has 5 heteroatoms. The third-order valence-corrected chi connectivity index (χ3v) is 4.09. The molecule has 0 atom stereocenters. The molecule has 0 saturated heterocycles. The summed E-state index contributed by atoms with van der Waals surface area (Å²) in [5.41, 5.74) is 9.87. The van der Waals surface area contributed by atoms with Gasteiger partial charge in [0, 0.05) is 28.6 Å². The van der Waals surface area contributed by atoms with Gasteiger partial charge in [-0.2, -0.15) is 0 Å². The highest BCUT2D eigenvalue weighted by Gasteiger charge is 2.28. The Labute approximate surface area is 138 Å². The lowest BCUT2D eigenvalue weighted by atomic mass is 10.0. The Kier molecular flexibility index (Phi) is 3.13. The van der Waals surface area contributed by atoms with Gasteiger partial charge in [0.2, 0.25) is 0 Å². The monoisotopic (exact) mass is 315 g/mol. The lowest BCUT2D eigenvalue weighted by Crippen LogP contribution is -2.15. The number of rotatable bonds is 2. The lowest BCUT2D eigenvalue weighted by molar-refractivity contribution is 0.102. The average Bonchev–Trinajstić information content (AvgIpc) is 2.89. The van der Waals surface area contributed by atoms with Gasteiger partial charge in [-0.15, -0.1) is 0 Å². The minimum Gasteiger partial charge on any atom is -0.397 e. The van der Waals surface area contributed by atoms with Crippen molar-refractivity contribution < 1.29 is 9.59 Å². The quantitative estimate of drug-likeness (QED) is 0.595. The summed E-state index contributed by atoms with van der Waals surface area (Å²) in [6, 6.07) is 14.3. The molecule has 0 saturated carbocycles. The number of ketones is 1. The molecule has 0 aliphatic heterocycles. The molecule has 116 valence electrons. The number of nitrogen functional groups attached to an aromatic ring is 1. The van der Waals surface area contributed by atoms with E-state index in [0.29, 0.717) is 28.1 Å². The van der Waals surface area contributed by atoms with Gasteiger partial charge in [-0.1, -0.05) is 36.4 Å². The van der Waals surface area contributed by atoms with Crippen LogP contribution in [-0.2, 0) is 0 Å². The number of amides is 1. The number of fused-ring (bicyclic) bond motifs is 3. The van der Waals surface area contributed by atoms with Crippen LogP contribution >= 0.6 is 0 Å². The highest BCUT2D eigenvalue weighted by molar-refractivity contribution is 6.24. The van der Waals surface area contributed by atoms with Crippen molar-refractivity contribution in [2.24, 2.45) is 0 Å². The molecular formula is C19H13N3O2. The van der Waals surface area contributed by atoms with Crippen LogP contribution in [0.5, 0.6) is 0 Å². The van der Waals surface area contributed by atoms with Crippen molar-refractivity contribution in [1.29, 1.82) is 0 Å². The minimum absolute atomic E-state index is 0.0277. The first-order valence-corrected chi connectivity index (χ1v) is 7.45. The standard InChI is InChI=1S/C19H13N3O2/c20-15-10-21-9-8-13(15)19(24)22-16-7-3-6-14-17(16)11-4-1-2-5-12(11)18(14)23/h1-10H,20H2,(H,22,24). The number of anilines is 2. The summed E-state index contributed by atoms with van der Waals surface area (Å²) in [7, 11) is 0. The van der Waals surface area contributed by atoms with Crippen LogP contribution in [0.1, 0.15) is 26.3 Å². The predicted molar refractivity (Wildman–Crippen MR) is 91.9 cm³/mol. The molecule has 1 aromatic heterocycles. The summed E-state index contributed by atoms with van der Waals surface area (Å²) in [4.78, 5) is 28.9. The summed E-state index contributed by atoms with van der Waals surface area (Å²) < 4.78 is 0. The smallest absolute Gasteiger partial charge is 0.257 e. The summed E-state index contributed by atoms with van der Waals surface area (Å²) in [5.74, 6) is -0.361. The number of nitrogens with two attached hydrogens (primary N) is 1.